The van der Waals surface area contributed by atoms with E-state index in [0.29, 0.717) is 11.3 Å². The third kappa shape index (κ3) is 2.43. The van der Waals surface area contributed by atoms with Gasteiger partial charge in [0.25, 0.3) is 0 Å². The molecular formula is C14H25NO2. The van der Waals surface area contributed by atoms with Gasteiger partial charge in [0, 0.05) is 13.1 Å². The number of carbonyl (C=O) groups is 1. The van der Waals surface area contributed by atoms with Gasteiger partial charge in [-0.15, -0.1) is 0 Å². The Morgan fingerprint density at radius 3 is 2.71 bits per heavy atom. The number of carbonyl (C=O) groups excluding carboxylic acids is 1. The second kappa shape index (κ2) is 4.18. The van der Waals surface area contributed by atoms with Crippen LogP contribution in [-0.2, 0) is 4.74 Å². The highest BCUT2D eigenvalue weighted by atomic mass is 16.6. The zero-order valence-corrected chi connectivity index (χ0v) is 11.6. The molecular weight excluding hydrogens is 214 g/mol. The number of likely N-dealkylation sites (tertiary alicyclic amines) is 1. The maximum atomic E-state index is 12.1. The Kier molecular flexibility index (Phi) is 3.13. The van der Waals surface area contributed by atoms with Crippen LogP contribution in [0.1, 0.15) is 53.4 Å². The molecule has 1 saturated heterocycles. The van der Waals surface area contributed by atoms with E-state index in [9.17, 15) is 4.79 Å². The van der Waals surface area contributed by atoms with E-state index in [1.165, 1.54) is 25.7 Å². The second-order valence-electron chi connectivity index (χ2n) is 6.67. The highest BCUT2D eigenvalue weighted by Crippen LogP contribution is 2.50. The number of hydrogen-bond acceptors (Lipinski definition) is 2. The van der Waals surface area contributed by atoms with Crippen molar-refractivity contribution in [3.8, 4) is 0 Å². The van der Waals surface area contributed by atoms with E-state index in [1.807, 2.05) is 25.7 Å². The van der Waals surface area contributed by atoms with E-state index in [0.717, 1.165) is 13.1 Å². The van der Waals surface area contributed by atoms with Crippen molar-refractivity contribution in [1.29, 1.82) is 0 Å². The van der Waals surface area contributed by atoms with E-state index in [1.54, 1.807) is 0 Å². The molecule has 0 aromatic heterocycles. The van der Waals surface area contributed by atoms with Crippen LogP contribution in [0.25, 0.3) is 0 Å². The maximum Gasteiger partial charge on any atom is 0.410 e. The molecule has 3 nitrogen and oxygen atoms in total. The molecule has 1 saturated carbocycles. The zero-order valence-electron chi connectivity index (χ0n) is 11.6. The fraction of sp³-hybridized carbons (Fsp3) is 0.929. The molecule has 2 fully saturated rings. The van der Waals surface area contributed by atoms with Crippen molar-refractivity contribution in [3.05, 3.63) is 0 Å². The number of hydrogen-bond donors (Lipinski definition) is 0. The van der Waals surface area contributed by atoms with Crippen LogP contribution in [0.4, 0.5) is 4.79 Å². The molecule has 2 rings (SSSR count). The third-order valence-electron chi connectivity index (χ3n) is 4.40. The molecule has 17 heavy (non-hydrogen) atoms. The molecule has 0 aromatic carbocycles. The molecule has 0 unspecified atom stereocenters. The summed E-state index contributed by atoms with van der Waals surface area (Å²) < 4.78 is 5.46. The maximum absolute atomic E-state index is 12.1. The normalized spacial score (nSPS) is 32.7. The van der Waals surface area contributed by atoms with Crippen LogP contribution in [0.2, 0.25) is 0 Å². The van der Waals surface area contributed by atoms with Gasteiger partial charge < -0.3 is 9.64 Å². The van der Waals surface area contributed by atoms with E-state index in [2.05, 4.69) is 6.92 Å². The summed E-state index contributed by atoms with van der Waals surface area (Å²) in [7, 11) is 0. The summed E-state index contributed by atoms with van der Waals surface area (Å²) >= 11 is 0. The Bertz CT molecular complexity index is 308. The van der Waals surface area contributed by atoms with E-state index in [4.69, 9.17) is 4.74 Å². The van der Waals surface area contributed by atoms with E-state index < -0.39 is 0 Å². The summed E-state index contributed by atoms with van der Waals surface area (Å²) in [6, 6.07) is 0. The number of amides is 1. The summed E-state index contributed by atoms with van der Waals surface area (Å²) in [5.74, 6) is 0.708. The topological polar surface area (TPSA) is 29.5 Å². The first-order chi connectivity index (χ1) is 7.86. The van der Waals surface area contributed by atoms with Gasteiger partial charge in [0.1, 0.15) is 5.60 Å². The summed E-state index contributed by atoms with van der Waals surface area (Å²) in [4.78, 5) is 14.0. The van der Waals surface area contributed by atoms with Gasteiger partial charge in [0.2, 0.25) is 0 Å². The van der Waals surface area contributed by atoms with Crippen LogP contribution < -0.4 is 0 Å². The minimum atomic E-state index is -0.381. The predicted octanol–water partition coefficient (Wildman–Crippen LogP) is 3.43. The SMILES string of the molecule is CC[C@]12CCC[C@@H]1CN(C(=O)OC(C)(C)C)C2. The van der Waals surface area contributed by atoms with Gasteiger partial charge in [-0.3, -0.25) is 0 Å². The van der Waals surface area contributed by atoms with Crippen LogP contribution in [0.3, 0.4) is 0 Å². The number of rotatable bonds is 1. The Labute approximate surface area is 105 Å². The van der Waals surface area contributed by atoms with Gasteiger partial charge in [0.05, 0.1) is 0 Å². The monoisotopic (exact) mass is 239 g/mol. The molecule has 1 heterocycles. The lowest BCUT2D eigenvalue weighted by Crippen LogP contribution is -2.36. The second-order valence-corrected chi connectivity index (χ2v) is 6.67. The number of nitrogens with zero attached hydrogens (tertiary/aromatic N) is 1. The number of fused-ring (bicyclic) bond motifs is 1. The van der Waals surface area contributed by atoms with Crippen molar-refractivity contribution in [2.24, 2.45) is 11.3 Å². The molecule has 2 aliphatic rings. The van der Waals surface area contributed by atoms with Gasteiger partial charge in [-0.2, -0.15) is 0 Å². The molecule has 3 heteroatoms. The van der Waals surface area contributed by atoms with Gasteiger partial charge >= 0.3 is 6.09 Å². The average molecular weight is 239 g/mol. The Morgan fingerprint density at radius 1 is 1.47 bits per heavy atom. The molecule has 0 spiro atoms. The van der Waals surface area contributed by atoms with Gasteiger partial charge in [-0.25, -0.2) is 4.79 Å². The third-order valence-corrected chi connectivity index (χ3v) is 4.40. The molecule has 0 aromatic rings. The van der Waals surface area contributed by atoms with E-state index in [-0.39, 0.29) is 11.7 Å². The fourth-order valence-corrected chi connectivity index (χ4v) is 3.46. The van der Waals surface area contributed by atoms with Crippen molar-refractivity contribution in [1.82, 2.24) is 4.90 Å². The van der Waals surface area contributed by atoms with Crippen LogP contribution in [-0.4, -0.2) is 29.7 Å². The van der Waals surface area contributed by atoms with Crippen LogP contribution in [0.15, 0.2) is 0 Å². The van der Waals surface area contributed by atoms with Crippen molar-refractivity contribution in [3.63, 3.8) is 0 Å². The highest BCUT2D eigenvalue weighted by Gasteiger charge is 2.49. The van der Waals surface area contributed by atoms with Gasteiger partial charge in [-0.1, -0.05) is 13.3 Å². The lowest BCUT2D eigenvalue weighted by molar-refractivity contribution is 0.0267. The van der Waals surface area contributed by atoms with Gasteiger partial charge in [-0.05, 0) is 51.4 Å². The Balaban J connectivity index is 2.00. The van der Waals surface area contributed by atoms with Crippen molar-refractivity contribution < 1.29 is 9.53 Å². The van der Waals surface area contributed by atoms with Crippen molar-refractivity contribution >= 4 is 6.09 Å². The van der Waals surface area contributed by atoms with Crippen molar-refractivity contribution in [2.75, 3.05) is 13.1 Å². The molecule has 1 aliphatic heterocycles. The van der Waals surface area contributed by atoms with Crippen LogP contribution in [0, 0.1) is 11.3 Å². The molecule has 0 bridgehead atoms. The minimum absolute atomic E-state index is 0.125. The summed E-state index contributed by atoms with van der Waals surface area (Å²) in [5, 5.41) is 0. The molecule has 1 amide bonds. The van der Waals surface area contributed by atoms with Crippen LogP contribution >= 0.6 is 0 Å². The predicted molar refractivity (Wildman–Crippen MR) is 67.9 cm³/mol. The first kappa shape index (κ1) is 12.7. The Morgan fingerprint density at radius 2 is 2.18 bits per heavy atom. The standard InChI is InChI=1S/C14H25NO2/c1-5-14-8-6-7-11(14)9-15(10-14)12(16)17-13(2,3)4/h11H,5-10H2,1-4H3/t11-,14-/m1/s1. The van der Waals surface area contributed by atoms with Crippen molar-refractivity contribution in [2.45, 2.75) is 59.0 Å². The average Bonchev–Trinajstić information content (AvgIpc) is 2.70. The van der Waals surface area contributed by atoms with Gasteiger partial charge in [0.15, 0.2) is 0 Å². The summed E-state index contributed by atoms with van der Waals surface area (Å²) in [6.45, 7) is 9.86. The quantitative estimate of drug-likeness (QED) is 0.701. The first-order valence-electron chi connectivity index (χ1n) is 6.84. The molecule has 0 radical (unpaired) electrons. The largest absolute Gasteiger partial charge is 0.444 e. The minimum Gasteiger partial charge on any atom is -0.444 e. The van der Waals surface area contributed by atoms with E-state index >= 15 is 0 Å². The first-order valence-corrected chi connectivity index (χ1v) is 6.84. The summed E-state index contributed by atoms with van der Waals surface area (Å²) in [6.07, 6.45) is 4.97. The number of ether oxygens (including phenoxy) is 1. The molecule has 0 N–H and O–H groups in total. The fourth-order valence-electron chi connectivity index (χ4n) is 3.46. The lowest BCUT2D eigenvalue weighted by Gasteiger charge is -2.28. The molecule has 98 valence electrons. The van der Waals surface area contributed by atoms with Crippen LogP contribution in [0.5, 0.6) is 0 Å². The molecule has 1 aliphatic carbocycles. The highest BCUT2D eigenvalue weighted by molar-refractivity contribution is 5.68. The lowest BCUT2D eigenvalue weighted by atomic mass is 9.78. The zero-order chi connectivity index (χ0) is 12.7. The molecule has 2 atom stereocenters. The Hall–Kier alpha value is -0.730. The summed E-state index contributed by atoms with van der Waals surface area (Å²) in [5.41, 5.74) is 0.0189. The smallest absolute Gasteiger partial charge is 0.410 e.